The lowest BCUT2D eigenvalue weighted by atomic mass is 9.88. The Bertz CT molecular complexity index is 955. The summed E-state index contributed by atoms with van der Waals surface area (Å²) in [5, 5.41) is 1.05. The normalized spacial score (nSPS) is 15.0. The average molecular weight is 358 g/mol. The van der Waals surface area contributed by atoms with E-state index in [1.54, 1.807) is 6.20 Å². The van der Waals surface area contributed by atoms with Crippen molar-refractivity contribution in [2.75, 3.05) is 13.1 Å². The third kappa shape index (κ3) is 3.75. The molecule has 1 saturated heterocycles. The molecule has 4 heteroatoms. The molecule has 1 aliphatic rings. The standard InChI is InChI=1S/C23H22N2O2/c26-21(16-20-9-4-8-17-10-5-13-24-22(17)20)25-14-11-19(12-15-25)23(27)18-6-2-1-3-7-18/h1-10,13,19H,11-12,14-16H2. The Morgan fingerprint density at radius 3 is 2.44 bits per heavy atom. The van der Waals surface area contributed by atoms with Gasteiger partial charge in [0.25, 0.3) is 0 Å². The van der Waals surface area contributed by atoms with E-state index in [1.807, 2.05) is 65.6 Å². The summed E-state index contributed by atoms with van der Waals surface area (Å²) >= 11 is 0. The fourth-order valence-electron chi connectivity index (χ4n) is 3.81. The molecule has 1 fully saturated rings. The maximum atomic E-state index is 12.8. The van der Waals surface area contributed by atoms with E-state index in [1.165, 1.54) is 0 Å². The predicted molar refractivity (Wildman–Crippen MR) is 106 cm³/mol. The van der Waals surface area contributed by atoms with E-state index in [0.29, 0.717) is 19.5 Å². The molecule has 136 valence electrons. The number of nitrogens with zero attached hydrogens (tertiary/aromatic N) is 2. The number of benzene rings is 2. The van der Waals surface area contributed by atoms with E-state index in [4.69, 9.17) is 0 Å². The Morgan fingerprint density at radius 1 is 0.926 bits per heavy atom. The molecule has 0 bridgehead atoms. The van der Waals surface area contributed by atoms with Crippen LogP contribution in [0, 0.1) is 5.92 Å². The van der Waals surface area contributed by atoms with Gasteiger partial charge in [-0.2, -0.15) is 0 Å². The van der Waals surface area contributed by atoms with Gasteiger partial charge >= 0.3 is 0 Å². The zero-order chi connectivity index (χ0) is 18.6. The Morgan fingerprint density at radius 2 is 1.67 bits per heavy atom. The fourth-order valence-corrected chi connectivity index (χ4v) is 3.81. The van der Waals surface area contributed by atoms with Crippen LogP contribution in [0.5, 0.6) is 0 Å². The molecule has 0 spiro atoms. The molecule has 1 amide bonds. The van der Waals surface area contributed by atoms with Crippen LogP contribution in [-0.2, 0) is 11.2 Å². The molecule has 0 saturated carbocycles. The molecule has 3 aromatic rings. The molecule has 2 aromatic carbocycles. The molecule has 2 heterocycles. The number of pyridine rings is 1. The van der Waals surface area contributed by atoms with Crippen molar-refractivity contribution in [2.24, 2.45) is 5.92 Å². The maximum Gasteiger partial charge on any atom is 0.227 e. The largest absolute Gasteiger partial charge is 0.342 e. The zero-order valence-corrected chi connectivity index (χ0v) is 15.2. The van der Waals surface area contributed by atoms with Gasteiger partial charge in [0.05, 0.1) is 11.9 Å². The minimum atomic E-state index is 0.00988. The summed E-state index contributed by atoms with van der Waals surface area (Å²) in [5.41, 5.74) is 2.62. The van der Waals surface area contributed by atoms with Gasteiger partial charge in [0.15, 0.2) is 5.78 Å². The van der Waals surface area contributed by atoms with Crippen molar-refractivity contribution in [3.8, 4) is 0 Å². The third-order valence-corrected chi connectivity index (χ3v) is 5.33. The van der Waals surface area contributed by atoms with Crippen molar-refractivity contribution in [1.29, 1.82) is 0 Å². The smallest absolute Gasteiger partial charge is 0.227 e. The Kier molecular flexibility index (Phi) is 4.97. The first-order chi connectivity index (χ1) is 13.2. The SMILES string of the molecule is O=C(c1ccccc1)C1CCN(C(=O)Cc2cccc3cccnc23)CC1. The molecule has 0 atom stereocenters. The van der Waals surface area contributed by atoms with Gasteiger partial charge in [-0.3, -0.25) is 14.6 Å². The number of hydrogen-bond donors (Lipinski definition) is 0. The number of likely N-dealkylation sites (tertiary alicyclic amines) is 1. The van der Waals surface area contributed by atoms with E-state index >= 15 is 0 Å². The molecular formula is C23H22N2O2. The number of para-hydroxylation sites is 1. The molecule has 0 radical (unpaired) electrons. The molecule has 0 unspecified atom stereocenters. The summed E-state index contributed by atoms with van der Waals surface area (Å²) in [6.45, 7) is 1.28. The summed E-state index contributed by atoms with van der Waals surface area (Å²) in [6, 6.07) is 19.3. The number of Topliss-reactive ketones (excluding diaryl/α,β-unsaturated/α-hetero) is 1. The number of ketones is 1. The summed E-state index contributed by atoms with van der Waals surface area (Å²) in [6.07, 6.45) is 3.57. The lowest BCUT2D eigenvalue weighted by Gasteiger charge is -2.31. The maximum absolute atomic E-state index is 12.8. The fraction of sp³-hybridized carbons (Fsp3) is 0.261. The second kappa shape index (κ2) is 7.70. The van der Waals surface area contributed by atoms with Crippen molar-refractivity contribution in [3.63, 3.8) is 0 Å². The number of carbonyl (C=O) groups excluding carboxylic acids is 2. The van der Waals surface area contributed by atoms with Gasteiger partial charge in [-0.1, -0.05) is 54.6 Å². The highest BCUT2D eigenvalue weighted by atomic mass is 16.2. The van der Waals surface area contributed by atoms with Crippen molar-refractivity contribution in [2.45, 2.75) is 19.3 Å². The van der Waals surface area contributed by atoms with Crippen molar-refractivity contribution in [3.05, 3.63) is 78.0 Å². The van der Waals surface area contributed by atoms with Crippen molar-refractivity contribution in [1.82, 2.24) is 9.88 Å². The van der Waals surface area contributed by atoms with Crippen LogP contribution < -0.4 is 0 Å². The Labute approximate surface area is 158 Å². The highest BCUT2D eigenvalue weighted by molar-refractivity contribution is 5.98. The average Bonchev–Trinajstić information content (AvgIpc) is 2.74. The second-order valence-corrected chi connectivity index (χ2v) is 7.05. The number of rotatable bonds is 4. The van der Waals surface area contributed by atoms with Crippen molar-refractivity contribution >= 4 is 22.6 Å². The molecule has 0 aliphatic carbocycles. The lowest BCUT2D eigenvalue weighted by molar-refractivity contribution is -0.131. The van der Waals surface area contributed by atoms with Crippen LogP contribution in [0.4, 0.5) is 0 Å². The number of hydrogen-bond acceptors (Lipinski definition) is 3. The summed E-state index contributed by atoms with van der Waals surface area (Å²) in [4.78, 5) is 31.7. The topological polar surface area (TPSA) is 50.3 Å². The van der Waals surface area contributed by atoms with Gasteiger partial charge in [0.2, 0.25) is 5.91 Å². The Balaban J connectivity index is 1.39. The van der Waals surface area contributed by atoms with Gasteiger partial charge in [-0.25, -0.2) is 0 Å². The third-order valence-electron chi connectivity index (χ3n) is 5.33. The van der Waals surface area contributed by atoms with E-state index < -0.39 is 0 Å². The van der Waals surface area contributed by atoms with Crippen LogP contribution in [0.2, 0.25) is 0 Å². The van der Waals surface area contributed by atoms with Crippen molar-refractivity contribution < 1.29 is 9.59 Å². The first-order valence-corrected chi connectivity index (χ1v) is 9.42. The second-order valence-electron chi connectivity index (χ2n) is 7.05. The van der Waals surface area contributed by atoms with Gasteiger partial charge in [0, 0.05) is 36.2 Å². The van der Waals surface area contributed by atoms with Gasteiger partial charge in [-0.05, 0) is 24.5 Å². The molecular weight excluding hydrogens is 336 g/mol. The molecule has 1 aromatic heterocycles. The Hall–Kier alpha value is -3.01. The number of aromatic nitrogens is 1. The van der Waals surface area contributed by atoms with Crippen LogP contribution in [-0.4, -0.2) is 34.7 Å². The van der Waals surface area contributed by atoms with E-state index in [2.05, 4.69) is 4.98 Å². The van der Waals surface area contributed by atoms with Gasteiger partial charge in [0.1, 0.15) is 0 Å². The summed E-state index contributed by atoms with van der Waals surface area (Å²) in [7, 11) is 0. The summed E-state index contributed by atoms with van der Waals surface area (Å²) in [5.74, 6) is 0.315. The van der Waals surface area contributed by atoms with Crippen LogP contribution in [0.1, 0.15) is 28.8 Å². The first-order valence-electron chi connectivity index (χ1n) is 9.42. The number of fused-ring (bicyclic) bond motifs is 1. The molecule has 1 aliphatic heterocycles. The van der Waals surface area contributed by atoms with E-state index in [-0.39, 0.29) is 17.6 Å². The molecule has 4 nitrogen and oxygen atoms in total. The highest BCUT2D eigenvalue weighted by Gasteiger charge is 2.28. The van der Waals surface area contributed by atoms with Crippen LogP contribution in [0.25, 0.3) is 10.9 Å². The number of piperidine rings is 1. The number of amides is 1. The van der Waals surface area contributed by atoms with Gasteiger partial charge < -0.3 is 4.90 Å². The summed E-state index contributed by atoms with van der Waals surface area (Å²) < 4.78 is 0. The van der Waals surface area contributed by atoms with E-state index in [9.17, 15) is 9.59 Å². The molecule has 0 N–H and O–H groups in total. The number of carbonyl (C=O) groups is 2. The molecule has 27 heavy (non-hydrogen) atoms. The monoisotopic (exact) mass is 358 g/mol. The van der Waals surface area contributed by atoms with Gasteiger partial charge in [-0.15, -0.1) is 0 Å². The lowest BCUT2D eigenvalue weighted by Crippen LogP contribution is -2.41. The minimum absolute atomic E-state index is 0.00988. The first kappa shape index (κ1) is 17.4. The quantitative estimate of drug-likeness (QED) is 0.665. The molecule has 4 rings (SSSR count). The minimum Gasteiger partial charge on any atom is -0.342 e. The van der Waals surface area contributed by atoms with E-state index in [0.717, 1.165) is 34.9 Å². The zero-order valence-electron chi connectivity index (χ0n) is 15.2. The predicted octanol–water partition coefficient (Wildman–Crippen LogP) is 3.90. The van der Waals surface area contributed by atoms with Crippen LogP contribution in [0.15, 0.2) is 66.9 Å². The van der Waals surface area contributed by atoms with Crippen LogP contribution >= 0.6 is 0 Å². The van der Waals surface area contributed by atoms with Crippen LogP contribution in [0.3, 0.4) is 0 Å². The highest BCUT2D eigenvalue weighted by Crippen LogP contribution is 2.23.